The molecule has 1 atom stereocenters. The van der Waals surface area contributed by atoms with E-state index >= 15 is 0 Å². The van der Waals surface area contributed by atoms with Crippen LogP contribution in [0, 0.1) is 11.8 Å². The molecular formula is C16H25BrO. The van der Waals surface area contributed by atoms with E-state index in [-0.39, 0.29) is 0 Å². The molecule has 1 rings (SSSR count). The first-order valence-corrected chi connectivity index (χ1v) is 7.96. The Morgan fingerprint density at radius 1 is 1.11 bits per heavy atom. The summed E-state index contributed by atoms with van der Waals surface area (Å²) in [5.41, 5.74) is 1.41. The molecule has 1 unspecified atom stereocenters. The molecule has 0 bridgehead atoms. The van der Waals surface area contributed by atoms with Gasteiger partial charge in [0, 0.05) is 5.33 Å². The fourth-order valence-electron chi connectivity index (χ4n) is 2.14. The van der Waals surface area contributed by atoms with E-state index < -0.39 is 0 Å². The van der Waals surface area contributed by atoms with Crippen molar-refractivity contribution >= 4 is 15.9 Å². The van der Waals surface area contributed by atoms with Crippen LogP contribution < -0.4 is 4.74 Å². The van der Waals surface area contributed by atoms with Crippen molar-refractivity contribution in [3.8, 4) is 5.75 Å². The van der Waals surface area contributed by atoms with Gasteiger partial charge in [-0.15, -0.1) is 0 Å². The minimum atomic E-state index is 0.747. The van der Waals surface area contributed by atoms with Crippen molar-refractivity contribution in [2.45, 2.75) is 39.5 Å². The molecule has 0 aliphatic rings. The van der Waals surface area contributed by atoms with Crippen molar-refractivity contribution in [2.75, 3.05) is 12.4 Å². The SMILES string of the molecule is COc1ccc(CC(CBr)CCCC(C)C)cc1. The summed E-state index contributed by atoms with van der Waals surface area (Å²) >= 11 is 3.64. The smallest absolute Gasteiger partial charge is 0.118 e. The van der Waals surface area contributed by atoms with E-state index in [2.05, 4.69) is 54.0 Å². The molecule has 0 heterocycles. The Morgan fingerprint density at radius 2 is 1.78 bits per heavy atom. The van der Waals surface area contributed by atoms with Gasteiger partial charge in [0.05, 0.1) is 7.11 Å². The summed E-state index contributed by atoms with van der Waals surface area (Å²) in [4.78, 5) is 0. The number of benzene rings is 1. The van der Waals surface area contributed by atoms with E-state index in [9.17, 15) is 0 Å². The van der Waals surface area contributed by atoms with Gasteiger partial charge in [0.2, 0.25) is 0 Å². The van der Waals surface area contributed by atoms with Gasteiger partial charge < -0.3 is 4.74 Å². The molecule has 0 saturated heterocycles. The van der Waals surface area contributed by atoms with E-state index in [1.807, 2.05) is 0 Å². The van der Waals surface area contributed by atoms with Gasteiger partial charge in [-0.25, -0.2) is 0 Å². The third-order valence-corrected chi connectivity index (χ3v) is 4.21. The van der Waals surface area contributed by atoms with Crippen molar-refractivity contribution < 1.29 is 4.74 Å². The van der Waals surface area contributed by atoms with Gasteiger partial charge in [-0.3, -0.25) is 0 Å². The van der Waals surface area contributed by atoms with E-state index in [1.165, 1.54) is 24.8 Å². The third kappa shape index (κ3) is 5.90. The second-order valence-corrected chi connectivity index (χ2v) is 6.04. The molecule has 0 aliphatic carbocycles. The number of ether oxygens (including phenoxy) is 1. The lowest BCUT2D eigenvalue weighted by Crippen LogP contribution is -2.07. The van der Waals surface area contributed by atoms with Gasteiger partial charge in [0.15, 0.2) is 0 Å². The number of hydrogen-bond acceptors (Lipinski definition) is 1. The van der Waals surface area contributed by atoms with Crippen molar-refractivity contribution in [3.05, 3.63) is 29.8 Å². The lowest BCUT2D eigenvalue weighted by molar-refractivity contribution is 0.414. The Balaban J connectivity index is 2.41. The first kappa shape index (κ1) is 15.6. The van der Waals surface area contributed by atoms with Crippen LogP contribution >= 0.6 is 15.9 Å². The Morgan fingerprint density at radius 3 is 2.28 bits per heavy atom. The molecule has 0 saturated carbocycles. The Kier molecular flexibility index (Phi) is 7.41. The van der Waals surface area contributed by atoms with E-state index in [1.54, 1.807) is 7.11 Å². The molecule has 0 spiro atoms. The maximum absolute atomic E-state index is 5.18. The lowest BCUT2D eigenvalue weighted by atomic mass is 9.94. The van der Waals surface area contributed by atoms with Crippen LogP contribution in [0.5, 0.6) is 5.75 Å². The summed E-state index contributed by atoms with van der Waals surface area (Å²) in [7, 11) is 1.71. The molecule has 1 aromatic rings. The van der Waals surface area contributed by atoms with Crippen molar-refractivity contribution in [3.63, 3.8) is 0 Å². The van der Waals surface area contributed by atoms with E-state index in [0.29, 0.717) is 0 Å². The Hall–Kier alpha value is -0.500. The van der Waals surface area contributed by atoms with Crippen LogP contribution in [0.25, 0.3) is 0 Å². The molecule has 2 heteroatoms. The highest BCUT2D eigenvalue weighted by Crippen LogP contribution is 2.20. The van der Waals surface area contributed by atoms with Gasteiger partial charge in [0.25, 0.3) is 0 Å². The Labute approximate surface area is 120 Å². The number of methoxy groups -OCH3 is 1. The quantitative estimate of drug-likeness (QED) is 0.608. The average Bonchev–Trinajstić information content (AvgIpc) is 2.38. The highest BCUT2D eigenvalue weighted by molar-refractivity contribution is 9.09. The second-order valence-electron chi connectivity index (χ2n) is 5.40. The number of halogens is 1. The van der Waals surface area contributed by atoms with Gasteiger partial charge in [-0.2, -0.15) is 0 Å². The molecular weight excluding hydrogens is 288 g/mol. The minimum absolute atomic E-state index is 0.747. The van der Waals surface area contributed by atoms with Crippen LogP contribution in [0.4, 0.5) is 0 Å². The van der Waals surface area contributed by atoms with Crippen LogP contribution in [-0.2, 0) is 6.42 Å². The van der Waals surface area contributed by atoms with Crippen molar-refractivity contribution in [1.29, 1.82) is 0 Å². The highest BCUT2D eigenvalue weighted by Gasteiger charge is 2.09. The fraction of sp³-hybridized carbons (Fsp3) is 0.625. The molecule has 0 aliphatic heterocycles. The molecule has 1 nitrogen and oxygen atoms in total. The topological polar surface area (TPSA) is 9.23 Å². The third-order valence-electron chi connectivity index (χ3n) is 3.30. The molecule has 18 heavy (non-hydrogen) atoms. The van der Waals surface area contributed by atoms with Crippen LogP contribution in [0.1, 0.15) is 38.7 Å². The molecule has 1 aromatic carbocycles. The molecule has 0 amide bonds. The highest BCUT2D eigenvalue weighted by atomic mass is 79.9. The maximum atomic E-state index is 5.18. The zero-order valence-electron chi connectivity index (χ0n) is 11.8. The van der Waals surface area contributed by atoms with Crippen molar-refractivity contribution in [2.24, 2.45) is 11.8 Å². The van der Waals surface area contributed by atoms with Crippen LogP contribution in [-0.4, -0.2) is 12.4 Å². The first-order valence-electron chi connectivity index (χ1n) is 6.84. The van der Waals surface area contributed by atoms with E-state index in [4.69, 9.17) is 4.74 Å². The minimum Gasteiger partial charge on any atom is -0.497 e. The number of hydrogen-bond donors (Lipinski definition) is 0. The zero-order chi connectivity index (χ0) is 13.4. The predicted molar refractivity (Wildman–Crippen MR) is 82.7 cm³/mol. The molecule has 0 fully saturated rings. The summed E-state index contributed by atoms with van der Waals surface area (Å²) in [6.07, 6.45) is 5.15. The molecule has 0 N–H and O–H groups in total. The summed E-state index contributed by atoms with van der Waals surface area (Å²) in [6.45, 7) is 4.60. The molecule has 102 valence electrons. The standard InChI is InChI=1S/C16H25BrO/c1-13(2)5-4-6-15(12-17)11-14-7-9-16(18-3)10-8-14/h7-10,13,15H,4-6,11-12H2,1-3H3. The van der Waals surface area contributed by atoms with Crippen LogP contribution in [0.15, 0.2) is 24.3 Å². The van der Waals surface area contributed by atoms with E-state index in [0.717, 1.165) is 29.3 Å². The summed E-state index contributed by atoms with van der Waals surface area (Å²) < 4.78 is 5.18. The van der Waals surface area contributed by atoms with Crippen LogP contribution in [0.2, 0.25) is 0 Å². The summed E-state index contributed by atoms with van der Waals surface area (Å²) in [5, 5.41) is 1.09. The second kappa shape index (κ2) is 8.58. The number of alkyl halides is 1. The molecule has 0 aromatic heterocycles. The van der Waals surface area contributed by atoms with Gasteiger partial charge in [-0.1, -0.05) is 54.8 Å². The van der Waals surface area contributed by atoms with Gasteiger partial charge in [-0.05, 0) is 42.4 Å². The number of rotatable bonds is 8. The maximum Gasteiger partial charge on any atom is 0.118 e. The fourth-order valence-corrected chi connectivity index (χ4v) is 2.70. The largest absolute Gasteiger partial charge is 0.497 e. The lowest BCUT2D eigenvalue weighted by Gasteiger charge is -2.15. The predicted octanol–water partition coefficient (Wildman–Crippen LogP) is 5.08. The van der Waals surface area contributed by atoms with Crippen LogP contribution in [0.3, 0.4) is 0 Å². The van der Waals surface area contributed by atoms with Gasteiger partial charge >= 0.3 is 0 Å². The normalized spacial score (nSPS) is 12.7. The van der Waals surface area contributed by atoms with Gasteiger partial charge in [0.1, 0.15) is 5.75 Å². The zero-order valence-corrected chi connectivity index (χ0v) is 13.4. The summed E-state index contributed by atoms with van der Waals surface area (Å²) in [6, 6.07) is 8.46. The monoisotopic (exact) mass is 312 g/mol. The average molecular weight is 313 g/mol. The van der Waals surface area contributed by atoms with Crippen molar-refractivity contribution in [1.82, 2.24) is 0 Å². The first-order chi connectivity index (χ1) is 8.65. The Bertz CT molecular complexity index is 318. The summed E-state index contributed by atoms with van der Waals surface area (Å²) in [5.74, 6) is 2.51. The molecule has 0 radical (unpaired) electrons.